The molecule has 0 aliphatic rings. The lowest BCUT2D eigenvalue weighted by atomic mass is 10.2. The molecule has 1 aromatic carbocycles. The van der Waals surface area contributed by atoms with Gasteiger partial charge in [0.2, 0.25) is 0 Å². The van der Waals surface area contributed by atoms with E-state index in [1.54, 1.807) is 11.3 Å². The molecule has 0 spiro atoms. The maximum Gasteiger partial charge on any atom is 0.313 e. The van der Waals surface area contributed by atoms with Crippen molar-refractivity contribution in [3.8, 4) is 5.75 Å². The molecule has 0 saturated carbocycles. The fourth-order valence-electron chi connectivity index (χ4n) is 1.76. The van der Waals surface area contributed by atoms with Crippen molar-refractivity contribution in [2.24, 2.45) is 0 Å². The molecule has 0 saturated heterocycles. The predicted octanol–water partition coefficient (Wildman–Crippen LogP) is 3.46. The van der Waals surface area contributed by atoms with Gasteiger partial charge < -0.3 is 10.1 Å². The third-order valence-corrected chi connectivity index (χ3v) is 3.67. The normalized spacial score (nSPS) is 10.3. The number of nitrogens with one attached hydrogen (secondary N) is 1. The molecule has 7 heteroatoms. The second kappa shape index (κ2) is 6.33. The lowest BCUT2D eigenvalue weighted by Crippen LogP contribution is -2.06. The van der Waals surface area contributed by atoms with Crippen LogP contribution < -0.4 is 10.1 Å². The molecule has 0 aliphatic heterocycles. The Balaban J connectivity index is 2.09. The number of halogens is 1. The molecule has 0 unspecified atom stereocenters. The summed E-state index contributed by atoms with van der Waals surface area (Å²) in [4.78, 5) is 11.3. The Bertz CT molecular complexity index is 602. The molecule has 0 bridgehead atoms. The highest BCUT2D eigenvalue weighted by Gasteiger charge is 2.18. The molecule has 1 N–H and O–H groups in total. The summed E-state index contributed by atoms with van der Waals surface area (Å²) in [6.45, 7) is 0.540. The van der Waals surface area contributed by atoms with Crippen LogP contribution in [0.3, 0.4) is 0 Å². The maximum atomic E-state index is 13.8. The number of hydrogen-bond acceptors (Lipinski definition) is 5. The van der Waals surface area contributed by atoms with Crippen molar-refractivity contribution < 1.29 is 14.1 Å². The van der Waals surface area contributed by atoms with Crippen LogP contribution in [0.25, 0.3) is 0 Å². The second-order valence-corrected chi connectivity index (χ2v) is 5.05. The van der Waals surface area contributed by atoms with Crippen molar-refractivity contribution in [2.45, 2.75) is 6.42 Å². The first-order valence-electron chi connectivity index (χ1n) is 5.90. The number of rotatable bonds is 6. The van der Waals surface area contributed by atoms with Gasteiger partial charge in [0.15, 0.2) is 11.6 Å². The molecule has 2 aromatic rings. The predicted molar refractivity (Wildman–Crippen MR) is 76.1 cm³/mol. The molecular formula is C13H13FN2O3S. The monoisotopic (exact) mass is 296 g/mol. The number of nitro groups is 1. The molecule has 0 aliphatic carbocycles. The molecule has 0 radical (unpaired) electrons. The van der Waals surface area contributed by atoms with E-state index in [-0.39, 0.29) is 17.1 Å². The molecule has 5 nitrogen and oxygen atoms in total. The van der Waals surface area contributed by atoms with Crippen molar-refractivity contribution >= 4 is 22.7 Å². The van der Waals surface area contributed by atoms with E-state index in [9.17, 15) is 14.5 Å². The van der Waals surface area contributed by atoms with Crippen LogP contribution in [0.1, 0.15) is 4.88 Å². The van der Waals surface area contributed by atoms with E-state index < -0.39 is 10.7 Å². The quantitative estimate of drug-likeness (QED) is 0.655. The number of methoxy groups -OCH3 is 1. The van der Waals surface area contributed by atoms with Crippen molar-refractivity contribution in [3.63, 3.8) is 0 Å². The van der Waals surface area contributed by atoms with Crippen molar-refractivity contribution in [3.05, 3.63) is 50.5 Å². The SMILES string of the molecule is COc1cc(NCCc2cccs2)c(F)cc1[N+](=O)[O-]. The van der Waals surface area contributed by atoms with Gasteiger partial charge in [0.05, 0.1) is 23.8 Å². The first kappa shape index (κ1) is 14.3. The zero-order chi connectivity index (χ0) is 14.5. The molecular weight excluding hydrogens is 283 g/mol. The van der Waals surface area contributed by atoms with E-state index in [1.807, 2.05) is 17.5 Å². The zero-order valence-corrected chi connectivity index (χ0v) is 11.6. The van der Waals surface area contributed by atoms with Gasteiger partial charge in [-0.1, -0.05) is 6.07 Å². The van der Waals surface area contributed by atoms with Gasteiger partial charge in [-0.3, -0.25) is 10.1 Å². The Morgan fingerprint density at radius 1 is 1.50 bits per heavy atom. The van der Waals surface area contributed by atoms with E-state index in [4.69, 9.17) is 4.74 Å². The average molecular weight is 296 g/mol. The smallest absolute Gasteiger partial charge is 0.313 e. The van der Waals surface area contributed by atoms with Crippen LogP contribution in [0, 0.1) is 15.9 Å². The van der Waals surface area contributed by atoms with Gasteiger partial charge in [0.25, 0.3) is 0 Å². The minimum absolute atomic E-state index is 0.0371. The van der Waals surface area contributed by atoms with Crippen LogP contribution in [-0.4, -0.2) is 18.6 Å². The molecule has 0 amide bonds. The molecule has 2 rings (SSSR count). The summed E-state index contributed by atoms with van der Waals surface area (Å²) in [6.07, 6.45) is 0.760. The molecule has 0 atom stereocenters. The highest BCUT2D eigenvalue weighted by molar-refractivity contribution is 7.09. The standard InChI is InChI=1S/C13H13FN2O3S/c1-19-13-8-11(10(14)7-12(13)16(17)18)15-5-4-9-3-2-6-20-9/h2-3,6-8,15H,4-5H2,1H3. The highest BCUT2D eigenvalue weighted by Crippen LogP contribution is 2.32. The van der Waals surface area contributed by atoms with Gasteiger partial charge in [-0.2, -0.15) is 0 Å². The van der Waals surface area contributed by atoms with Crippen molar-refractivity contribution in [2.75, 3.05) is 19.0 Å². The Labute approximate surface area is 119 Å². The van der Waals surface area contributed by atoms with Gasteiger partial charge in [-0.15, -0.1) is 11.3 Å². The van der Waals surface area contributed by atoms with Gasteiger partial charge in [-0.05, 0) is 17.9 Å². The van der Waals surface area contributed by atoms with Crippen LogP contribution in [0.2, 0.25) is 0 Å². The number of benzene rings is 1. The largest absolute Gasteiger partial charge is 0.490 e. The summed E-state index contributed by atoms with van der Waals surface area (Å²) < 4.78 is 18.7. The lowest BCUT2D eigenvalue weighted by molar-refractivity contribution is -0.385. The van der Waals surface area contributed by atoms with E-state index in [0.29, 0.717) is 6.54 Å². The molecule has 106 valence electrons. The Morgan fingerprint density at radius 2 is 2.30 bits per heavy atom. The van der Waals surface area contributed by atoms with Crippen LogP contribution in [0.5, 0.6) is 5.75 Å². The molecule has 1 aromatic heterocycles. The van der Waals surface area contributed by atoms with Crippen molar-refractivity contribution in [1.29, 1.82) is 0 Å². The van der Waals surface area contributed by atoms with E-state index >= 15 is 0 Å². The van der Waals surface area contributed by atoms with Crippen molar-refractivity contribution in [1.82, 2.24) is 0 Å². The highest BCUT2D eigenvalue weighted by atomic mass is 32.1. The van der Waals surface area contributed by atoms with E-state index in [0.717, 1.165) is 12.5 Å². The summed E-state index contributed by atoms with van der Waals surface area (Å²) in [5.41, 5.74) is -0.183. The second-order valence-electron chi connectivity index (χ2n) is 4.02. The number of hydrogen-bond donors (Lipinski definition) is 1. The van der Waals surface area contributed by atoms with Gasteiger partial charge >= 0.3 is 5.69 Å². The van der Waals surface area contributed by atoms with Gasteiger partial charge in [0, 0.05) is 17.5 Å². The first-order valence-corrected chi connectivity index (χ1v) is 6.78. The Kier molecular flexibility index (Phi) is 4.52. The number of nitro benzene ring substituents is 1. The fourth-order valence-corrected chi connectivity index (χ4v) is 2.47. The molecule has 1 heterocycles. The Hall–Kier alpha value is -2.15. The molecule has 20 heavy (non-hydrogen) atoms. The van der Waals surface area contributed by atoms with Crippen LogP contribution in [-0.2, 0) is 6.42 Å². The summed E-state index contributed by atoms with van der Waals surface area (Å²) in [5.74, 6) is -0.626. The van der Waals surface area contributed by atoms with Gasteiger partial charge in [-0.25, -0.2) is 4.39 Å². The van der Waals surface area contributed by atoms with Crippen LogP contribution in [0.15, 0.2) is 29.6 Å². The fraction of sp³-hybridized carbons (Fsp3) is 0.231. The summed E-state index contributed by atoms with van der Waals surface area (Å²) in [6, 6.07) is 6.13. The Morgan fingerprint density at radius 3 is 2.90 bits per heavy atom. The minimum atomic E-state index is -0.669. The van der Waals surface area contributed by atoms with E-state index in [2.05, 4.69) is 5.32 Å². The number of anilines is 1. The third kappa shape index (κ3) is 3.24. The summed E-state index contributed by atoms with van der Waals surface area (Å²) >= 11 is 1.63. The minimum Gasteiger partial charge on any atom is -0.490 e. The van der Waals surface area contributed by atoms with Crippen LogP contribution >= 0.6 is 11.3 Å². The number of nitrogens with zero attached hydrogens (tertiary/aromatic N) is 1. The number of ether oxygens (including phenoxy) is 1. The van der Waals surface area contributed by atoms with Gasteiger partial charge in [0.1, 0.15) is 0 Å². The average Bonchev–Trinajstić information content (AvgIpc) is 2.93. The first-order chi connectivity index (χ1) is 9.61. The summed E-state index contributed by atoms with van der Waals surface area (Å²) in [5, 5.41) is 15.7. The zero-order valence-electron chi connectivity index (χ0n) is 10.8. The third-order valence-electron chi connectivity index (χ3n) is 2.73. The molecule has 0 fully saturated rings. The number of thiophene rings is 1. The topological polar surface area (TPSA) is 64.4 Å². The van der Waals surface area contributed by atoms with Crippen LogP contribution in [0.4, 0.5) is 15.8 Å². The van der Waals surface area contributed by atoms with E-state index in [1.165, 1.54) is 18.1 Å². The maximum absolute atomic E-state index is 13.8. The lowest BCUT2D eigenvalue weighted by Gasteiger charge is -2.09. The summed E-state index contributed by atoms with van der Waals surface area (Å²) in [7, 11) is 1.32.